The van der Waals surface area contributed by atoms with Gasteiger partial charge in [-0.05, 0) is 36.4 Å². The van der Waals surface area contributed by atoms with Gasteiger partial charge in [-0.25, -0.2) is 4.79 Å². The Morgan fingerprint density at radius 1 is 0.971 bits per heavy atom. The Morgan fingerprint density at radius 3 is 2.46 bits per heavy atom. The first-order valence-corrected chi connectivity index (χ1v) is 10.8. The van der Waals surface area contributed by atoms with Gasteiger partial charge < -0.3 is 33.9 Å². The van der Waals surface area contributed by atoms with Crippen LogP contribution in [0, 0.1) is 6.92 Å². The van der Waals surface area contributed by atoms with Crippen molar-refractivity contribution in [2.45, 2.75) is 32.0 Å². The average Bonchev–Trinajstić information content (AvgIpc) is 3.18. The molecular formula is C25H18O10. The Balaban J connectivity index is 1.47. The number of ether oxygens (including phenoxy) is 3. The van der Waals surface area contributed by atoms with E-state index in [0.29, 0.717) is 23.1 Å². The van der Waals surface area contributed by atoms with Gasteiger partial charge in [0.1, 0.15) is 16.9 Å². The number of benzene rings is 2. The first-order chi connectivity index (χ1) is 16.6. The summed E-state index contributed by atoms with van der Waals surface area (Å²) in [7, 11) is 1.21. The van der Waals surface area contributed by atoms with Crippen molar-refractivity contribution in [1.82, 2.24) is 0 Å². The van der Waals surface area contributed by atoms with Crippen molar-refractivity contribution in [3.63, 3.8) is 0 Å². The summed E-state index contributed by atoms with van der Waals surface area (Å²) in [6.07, 6.45) is 1.50. The number of aromatic hydroxyl groups is 3. The number of aryl methyl sites for hydroxylation is 2. The number of phenols is 3. The highest BCUT2D eigenvalue weighted by molar-refractivity contribution is 6.26. The van der Waals surface area contributed by atoms with Crippen LogP contribution in [-0.4, -0.2) is 39.8 Å². The van der Waals surface area contributed by atoms with E-state index in [1.165, 1.54) is 7.11 Å². The van der Waals surface area contributed by atoms with Crippen LogP contribution in [0.5, 0.6) is 28.7 Å². The summed E-state index contributed by atoms with van der Waals surface area (Å²) in [4.78, 5) is 37.7. The van der Waals surface area contributed by atoms with Crippen molar-refractivity contribution in [2.24, 2.45) is 0 Å². The fraction of sp³-hybridized carbons (Fsp3) is 0.240. The number of hydrogen-bond acceptors (Lipinski definition) is 10. The van der Waals surface area contributed by atoms with Gasteiger partial charge in [0.05, 0.1) is 24.7 Å². The number of phenolic OH excluding ortho intramolecular Hbond substituents is 3. The number of hydrogen-bond donors (Lipinski definition) is 3. The van der Waals surface area contributed by atoms with Gasteiger partial charge in [-0.1, -0.05) is 0 Å². The predicted octanol–water partition coefficient (Wildman–Crippen LogP) is 2.78. The van der Waals surface area contributed by atoms with Gasteiger partial charge in [0.25, 0.3) is 5.79 Å². The van der Waals surface area contributed by atoms with Crippen molar-refractivity contribution < 1.29 is 43.5 Å². The lowest BCUT2D eigenvalue weighted by molar-refractivity contribution is -0.112. The third-order valence-electron chi connectivity index (χ3n) is 6.65. The molecule has 1 atom stereocenters. The molecule has 0 saturated heterocycles. The molecule has 3 aliphatic rings. The molecule has 2 aliphatic heterocycles. The normalized spacial score (nSPS) is 20.1. The van der Waals surface area contributed by atoms with Crippen molar-refractivity contribution >= 4 is 22.3 Å². The van der Waals surface area contributed by atoms with Crippen LogP contribution in [0.15, 0.2) is 33.2 Å². The van der Waals surface area contributed by atoms with E-state index in [2.05, 4.69) is 0 Å². The fourth-order valence-corrected chi connectivity index (χ4v) is 5.07. The molecule has 0 fully saturated rings. The van der Waals surface area contributed by atoms with Gasteiger partial charge >= 0.3 is 5.63 Å². The minimum Gasteiger partial charge on any atom is -0.507 e. The maximum absolute atomic E-state index is 12.7. The van der Waals surface area contributed by atoms with Crippen LogP contribution >= 0.6 is 0 Å². The van der Waals surface area contributed by atoms with Crippen molar-refractivity contribution in [3.05, 3.63) is 62.4 Å². The third kappa shape index (κ3) is 2.73. The molecule has 0 amide bonds. The molecule has 0 saturated carbocycles. The first-order valence-electron chi connectivity index (χ1n) is 10.8. The minimum atomic E-state index is -1.46. The molecule has 1 aliphatic carbocycles. The van der Waals surface area contributed by atoms with E-state index in [9.17, 15) is 29.7 Å². The molecule has 0 radical (unpaired) electrons. The average molecular weight is 478 g/mol. The summed E-state index contributed by atoms with van der Waals surface area (Å²) in [6.45, 7) is 1.63. The molecule has 3 aromatic rings. The van der Waals surface area contributed by atoms with Gasteiger partial charge in [-0.2, -0.15) is 0 Å². The number of fused-ring (bicyclic) bond motifs is 4. The maximum Gasteiger partial charge on any atom is 0.347 e. The summed E-state index contributed by atoms with van der Waals surface area (Å²) < 4.78 is 22.1. The molecule has 6 rings (SSSR count). The van der Waals surface area contributed by atoms with Crippen LogP contribution in [0.3, 0.4) is 0 Å². The Hall–Kier alpha value is -4.47. The highest BCUT2D eigenvalue weighted by Crippen LogP contribution is 2.55. The smallest absolute Gasteiger partial charge is 0.347 e. The lowest BCUT2D eigenvalue weighted by Crippen LogP contribution is -2.44. The van der Waals surface area contributed by atoms with Gasteiger partial charge in [0.2, 0.25) is 5.78 Å². The molecule has 10 nitrogen and oxygen atoms in total. The summed E-state index contributed by atoms with van der Waals surface area (Å²) in [5.74, 6) is -4.51. The van der Waals surface area contributed by atoms with Crippen LogP contribution in [0.1, 0.15) is 44.0 Å². The molecule has 178 valence electrons. The van der Waals surface area contributed by atoms with Gasteiger partial charge in [0, 0.05) is 18.1 Å². The lowest BCUT2D eigenvalue weighted by Gasteiger charge is -2.35. The molecule has 1 spiro atoms. The molecule has 3 heterocycles. The van der Waals surface area contributed by atoms with Crippen LogP contribution in [-0.2, 0) is 17.6 Å². The van der Waals surface area contributed by atoms with Gasteiger partial charge in [-0.15, -0.1) is 0 Å². The molecule has 35 heavy (non-hydrogen) atoms. The molecule has 3 N–H and O–H groups in total. The number of carbonyl (C=O) groups is 2. The molecular weight excluding hydrogens is 460 g/mol. The summed E-state index contributed by atoms with van der Waals surface area (Å²) in [6, 6.07) is 3.37. The van der Waals surface area contributed by atoms with Gasteiger partial charge in [-0.3, -0.25) is 9.59 Å². The molecule has 0 bridgehead atoms. The Kier molecular flexibility index (Phi) is 4.09. The maximum atomic E-state index is 12.7. The van der Waals surface area contributed by atoms with Crippen LogP contribution < -0.4 is 15.1 Å². The molecule has 1 aromatic heterocycles. The third-order valence-corrected chi connectivity index (χ3v) is 6.65. The zero-order valence-electron chi connectivity index (χ0n) is 18.6. The minimum absolute atomic E-state index is 0.0203. The quantitative estimate of drug-likeness (QED) is 0.445. The number of rotatable bonds is 1. The van der Waals surface area contributed by atoms with Gasteiger partial charge in [0.15, 0.2) is 34.5 Å². The number of carbonyl (C=O) groups excluding carboxylic acids is 2. The van der Waals surface area contributed by atoms with E-state index in [4.69, 9.17) is 18.6 Å². The highest BCUT2D eigenvalue weighted by Gasteiger charge is 2.50. The van der Waals surface area contributed by atoms with Crippen LogP contribution in [0.4, 0.5) is 0 Å². The monoisotopic (exact) mass is 478 g/mol. The summed E-state index contributed by atoms with van der Waals surface area (Å²) >= 11 is 0. The second kappa shape index (κ2) is 6.78. The first kappa shape index (κ1) is 21.1. The van der Waals surface area contributed by atoms with Crippen LogP contribution in [0.25, 0.3) is 10.8 Å². The second-order valence-corrected chi connectivity index (χ2v) is 8.77. The Labute approximate surface area is 196 Å². The molecule has 2 aromatic carbocycles. The number of Topliss-reactive ketones (excluding diaryl/α,β-unsaturated/α-hetero) is 1. The number of methoxy groups -OCH3 is 1. The Bertz CT molecular complexity index is 1610. The second-order valence-electron chi connectivity index (χ2n) is 8.77. The zero-order chi connectivity index (χ0) is 24.8. The SMILES string of the molecule is COC1=CC(=O)c2c(O)c3c(c(O)c2C1=O)OC1(CCc2cc4cc(C)oc(=O)c4c(O)c2O1)C3. The predicted molar refractivity (Wildman–Crippen MR) is 118 cm³/mol. The number of ketones is 2. The topological polar surface area (TPSA) is 153 Å². The highest BCUT2D eigenvalue weighted by atomic mass is 16.7. The molecule has 10 heteroatoms. The van der Waals surface area contributed by atoms with E-state index >= 15 is 0 Å². The summed E-state index contributed by atoms with van der Waals surface area (Å²) in [5, 5.41) is 33.1. The van der Waals surface area contributed by atoms with Crippen molar-refractivity contribution in [1.29, 1.82) is 0 Å². The van der Waals surface area contributed by atoms with Crippen molar-refractivity contribution in [2.75, 3.05) is 7.11 Å². The largest absolute Gasteiger partial charge is 0.507 e. The standard InChI is InChI=1S/C25H18O10/c1-9-5-11-6-10-3-4-25(34-22(10)20(29)15(11)24(31)33-9)8-12-18(27)16-13(26)7-14(32-2)19(28)17(16)21(30)23(12)35-25/h5-7,27,29-30H,3-4,8H2,1-2H3. The zero-order valence-corrected chi connectivity index (χ0v) is 18.6. The molecule has 1 unspecified atom stereocenters. The van der Waals surface area contributed by atoms with E-state index in [-0.39, 0.29) is 46.6 Å². The van der Waals surface area contributed by atoms with E-state index in [0.717, 1.165) is 6.08 Å². The van der Waals surface area contributed by atoms with E-state index in [1.807, 2.05) is 0 Å². The summed E-state index contributed by atoms with van der Waals surface area (Å²) in [5.41, 5.74) is -0.750. The van der Waals surface area contributed by atoms with Crippen LogP contribution in [0.2, 0.25) is 0 Å². The number of allylic oxidation sites excluding steroid dienone is 2. The Morgan fingerprint density at radius 2 is 1.71 bits per heavy atom. The van der Waals surface area contributed by atoms with Crippen molar-refractivity contribution in [3.8, 4) is 28.7 Å². The van der Waals surface area contributed by atoms with E-state index < -0.39 is 45.8 Å². The fourth-order valence-electron chi connectivity index (χ4n) is 5.07. The van der Waals surface area contributed by atoms with E-state index in [1.54, 1.807) is 19.1 Å². The lowest BCUT2D eigenvalue weighted by atomic mass is 9.87.